The van der Waals surface area contributed by atoms with Crippen LogP contribution in [0.25, 0.3) is 0 Å². The third-order valence-corrected chi connectivity index (χ3v) is 2.48. The number of nitrogens with zero attached hydrogens (tertiary/aromatic N) is 2. The van der Waals surface area contributed by atoms with Crippen molar-refractivity contribution < 1.29 is 9.53 Å². The topological polar surface area (TPSA) is 52.1 Å². The average Bonchev–Trinajstić information content (AvgIpc) is 2.98. The molecule has 0 aromatic carbocycles. The van der Waals surface area contributed by atoms with E-state index in [1.165, 1.54) is 7.11 Å². The molecule has 1 aromatic heterocycles. The number of aryl methyl sites for hydroxylation is 1. The van der Waals surface area contributed by atoms with Crippen LogP contribution < -0.4 is 0 Å². The molecular formula is C10H12N2O2. The quantitative estimate of drug-likeness (QED) is 0.657. The highest BCUT2D eigenvalue weighted by Gasteiger charge is 2.46. The zero-order valence-electron chi connectivity index (χ0n) is 8.23. The van der Waals surface area contributed by atoms with Crippen molar-refractivity contribution in [1.29, 1.82) is 0 Å². The lowest BCUT2D eigenvalue weighted by molar-refractivity contribution is -0.142. The second-order valence-corrected chi connectivity index (χ2v) is 3.55. The normalized spacial score (nSPS) is 24.4. The Hall–Kier alpha value is -1.45. The van der Waals surface area contributed by atoms with Gasteiger partial charge < -0.3 is 4.74 Å². The summed E-state index contributed by atoms with van der Waals surface area (Å²) in [5.41, 5.74) is 1.79. The molecule has 4 heteroatoms. The zero-order valence-corrected chi connectivity index (χ0v) is 8.23. The van der Waals surface area contributed by atoms with Crippen LogP contribution in [0.4, 0.5) is 0 Å². The molecular weight excluding hydrogens is 180 g/mol. The lowest BCUT2D eigenvalue weighted by atomic mass is 10.2. The molecule has 0 amide bonds. The number of hydrogen-bond acceptors (Lipinski definition) is 4. The average molecular weight is 192 g/mol. The minimum Gasteiger partial charge on any atom is -0.469 e. The number of rotatable bonds is 2. The minimum absolute atomic E-state index is 0.00277. The summed E-state index contributed by atoms with van der Waals surface area (Å²) in [7, 11) is 1.42. The van der Waals surface area contributed by atoms with Gasteiger partial charge in [0, 0.05) is 18.3 Å². The standard InChI is InChI=1S/C10H12N2O2/c1-6-4-12-9(5-11-6)7-3-8(7)10(13)14-2/h4-5,7-8H,3H2,1-2H3/t7?,8-/m0/s1. The van der Waals surface area contributed by atoms with Gasteiger partial charge in [-0.2, -0.15) is 0 Å². The van der Waals surface area contributed by atoms with Crippen LogP contribution in [0, 0.1) is 12.8 Å². The molecule has 1 heterocycles. The summed E-state index contributed by atoms with van der Waals surface area (Å²) in [5.74, 6) is 0.0740. The monoisotopic (exact) mass is 192 g/mol. The van der Waals surface area contributed by atoms with Crippen LogP contribution in [-0.4, -0.2) is 23.0 Å². The van der Waals surface area contributed by atoms with Crippen LogP contribution in [0.1, 0.15) is 23.7 Å². The van der Waals surface area contributed by atoms with E-state index in [-0.39, 0.29) is 17.8 Å². The Kier molecular flexibility index (Phi) is 2.19. The van der Waals surface area contributed by atoms with E-state index in [9.17, 15) is 4.79 Å². The van der Waals surface area contributed by atoms with Crippen molar-refractivity contribution in [2.45, 2.75) is 19.3 Å². The number of methoxy groups -OCH3 is 1. The van der Waals surface area contributed by atoms with Gasteiger partial charge in [0.25, 0.3) is 0 Å². The molecule has 1 saturated carbocycles. The van der Waals surface area contributed by atoms with Gasteiger partial charge in [0.1, 0.15) is 0 Å². The van der Waals surface area contributed by atoms with Gasteiger partial charge in [-0.05, 0) is 13.3 Å². The molecule has 2 atom stereocenters. The molecule has 0 bridgehead atoms. The van der Waals surface area contributed by atoms with Crippen molar-refractivity contribution in [1.82, 2.24) is 9.97 Å². The number of carbonyl (C=O) groups is 1. The van der Waals surface area contributed by atoms with Crippen molar-refractivity contribution in [2.75, 3.05) is 7.11 Å². The van der Waals surface area contributed by atoms with Crippen molar-refractivity contribution >= 4 is 5.97 Å². The largest absolute Gasteiger partial charge is 0.469 e. The lowest BCUT2D eigenvalue weighted by Crippen LogP contribution is -2.04. The van der Waals surface area contributed by atoms with E-state index >= 15 is 0 Å². The molecule has 74 valence electrons. The van der Waals surface area contributed by atoms with Crippen molar-refractivity contribution in [3.8, 4) is 0 Å². The van der Waals surface area contributed by atoms with Gasteiger partial charge in [-0.1, -0.05) is 0 Å². The summed E-state index contributed by atoms with van der Waals surface area (Å²) in [6.07, 6.45) is 4.30. The molecule has 0 aliphatic heterocycles. The van der Waals surface area contributed by atoms with Crippen LogP contribution >= 0.6 is 0 Å². The Labute approximate surface area is 82.3 Å². The van der Waals surface area contributed by atoms with Crippen molar-refractivity contribution in [3.05, 3.63) is 23.8 Å². The maximum Gasteiger partial charge on any atom is 0.309 e. The van der Waals surface area contributed by atoms with Gasteiger partial charge in [-0.25, -0.2) is 0 Å². The number of carbonyl (C=O) groups excluding carboxylic acids is 1. The third-order valence-electron chi connectivity index (χ3n) is 2.48. The second kappa shape index (κ2) is 3.36. The second-order valence-electron chi connectivity index (χ2n) is 3.55. The number of esters is 1. The predicted octanol–water partition coefficient (Wildman–Crippen LogP) is 1.06. The van der Waals surface area contributed by atoms with E-state index in [2.05, 4.69) is 14.7 Å². The zero-order chi connectivity index (χ0) is 10.1. The summed E-state index contributed by atoms with van der Waals surface area (Å²) in [4.78, 5) is 19.5. The van der Waals surface area contributed by atoms with Gasteiger partial charge in [0.2, 0.25) is 0 Å². The van der Waals surface area contributed by atoms with Crippen LogP contribution in [0.5, 0.6) is 0 Å². The first kappa shape index (κ1) is 9.12. The van der Waals surface area contributed by atoms with Gasteiger partial charge in [0.05, 0.1) is 24.4 Å². The SMILES string of the molecule is COC(=O)[C@H]1CC1c1cnc(C)cn1. The molecule has 1 aliphatic rings. The summed E-state index contributed by atoms with van der Waals surface area (Å²) < 4.78 is 4.66. The fourth-order valence-electron chi connectivity index (χ4n) is 1.53. The van der Waals surface area contributed by atoms with Crippen LogP contribution in [0.2, 0.25) is 0 Å². The molecule has 0 radical (unpaired) electrons. The first-order valence-corrected chi connectivity index (χ1v) is 4.58. The summed E-state index contributed by atoms with van der Waals surface area (Å²) in [6.45, 7) is 1.89. The molecule has 1 unspecified atom stereocenters. The molecule has 14 heavy (non-hydrogen) atoms. The van der Waals surface area contributed by atoms with Crippen molar-refractivity contribution in [3.63, 3.8) is 0 Å². The molecule has 2 rings (SSSR count). The molecule has 1 fully saturated rings. The minimum atomic E-state index is -0.141. The number of hydrogen-bond donors (Lipinski definition) is 0. The van der Waals surface area contributed by atoms with Gasteiger partial charge in [-0.3, -0.25) is 14.8 Å². The predicted molar refractivity (Wildman–Crippen MR) is 49.6 cm³/mol. The van der Waals surface area contributed by atoms with Crippen molar-refractivity contribution in [2.24, 2.45) is 5.92 Å². The van der Waals surface area contributed by atoms with E-state index in [4.69, 9.17) is 0 Å². The number of aromatic nitrogens is 2. The third kappa shape index (κ3) is 1.60. The Bertz CT molecular complexity index is 348. The molecule has 0 spiro atoms. The lowest BCUT2D eigenvalue weighted by Gasteiger charge is -1.98. The highest BCUT2D eigenvalue weighted by Crippen LogP contribution is 2.46. The fraction of sp³-hybridized carbons (Fsp3) is 0.500. The Morgan fingerprint density at radius 3 is 2.86 bits per heavy atom. The Morgan fingerprint density at radius 2 is 2.29 bits per heavy atom. The highest BCUT2D eigenvalue weighted by molar-refractivity contribution is 5.76. The van der Waals surface area contributed by atoms with Crippen LogP contribution in [0.3, 0.4) is 0 Å². The summed E-state index contributed by atoms with van der Waals surface area (Å²) >= 11 is 0. The molecule has 0 N–H and O–H groups in total. The molecule has 4 nitrogen and oxygen atoms in total. The van der Waals surface area contributed by atoms with Gasteiger partial charge in [0.15, 0.2) is 0 Å². The first-order valence-electron chi connectivity index (χ1n) is 4.58. The Balaban J connectivity index is 2.06. The molecule has 1 aromatic rings. The maximum absolute atomic E-state index is 11.2. The van der Waals surface area contributed by atoms with E-state index < -0.39 is 0 Å². The molecule has 0 saturated heterocycles. The smallest absolute Gasteiger partial charge is 0.309 e. The maximum atomic E-state index is 11.2. The number of ether oxygens (including phenoxy) is 1. The van der Waals surface area contributed by atoms with Crippen LogP contribution in [0.15, 0.2) is 12.4 Å². The van der Waals surface area contributed by atoms with Gasteiger partial charge >= 0.3 is 5.97 Å². The van der Waals surface area contributed by atoms with E-state index in [0.717, 1.165) is 17.8 Å². The Morgan fingerprint density at radius 1 is 1.50 bits per heavy atom. The van der Waals surface area contributed by atoms with E-state index in [1.54, 1.807) is 12.4 Å². The van der Waals surface area contributed by atoms with E-state index in [0.29, 0.717) is 0 Å². The van der Waals surface area contributed by atoms with E-state index in [1.807, 2.05) is 6.92 Å². The first-order chi connectivity index (χ1) is 6.72. The summed E-state index contributed by atoms with van der Waals surface area (Å²) in [6, 6.07) is 0. The van der Waals surface area contributed by atoms with Gasteiger partial charge in [-0.15, -0.1) is 0 Å². The highest BCUT2D eigenvalue weighted by atomic mass is 16.5. The van der Waals surface area contributed by atoms with Crippen LogP contribution in [-0.2, 0) is 9.53 Å². The fourth-order valence-corrected chi connectivity index (χ4v) is 1.53. The molecule has 1 aliphatic carbocycles. The summed E-state index contributed by atoms with van der Waals surface area (Å²) in [5, 5.41) is 0.